The van der Waals surface area contributed by atoms with Crippen molar-refractivity contribution in [2.45, 2.75) is 6.42 Å². The third-order valence-corrected chi connectivity index (χ3v) is 2.28. The molecule has 0 saturated carbocycles. The van der Waals surface area contributed by atoms with E-state index >= 15 is 0 Å². The quantitative estimate of drug-likeness (QED) is 0.833. The van der Waals surface area contributed by atoms with E-state index in [0.29, 0.717) is 6.42 Å². The van der Waals surface area contributed by atoms with Gasteiger partial charge in [0, 0.05) is 12.1 Å². The number of aromatic nitrogens is 1. The van der Waals surface area contributed by atoms with Crippen LogP contribution in [0.5, 0.6) is 0 Å². The lowest BCUT2D eigenvalue weighted by atomic mass is 10.1. The number of benzene rings is 1. The van der Waals surface area contributed by atoms with Gasteiger partial charge in [-0.25, -0.2) is 9.18 Å². The Morgan fingerprint density at radius 2 is 1.88 bits per heavy atom. The topological polar surface area (TPSA) is 53.1 Å². The molecule has 0 radical (unpaired) electrons. The number of halogens is 1. The monoisotopic (exact) mass is 219 g/mol. The summed E-state index contributed by atoms with van der Waals surface area (Å²) < 4.78 is 12.6. The van der Waals surface area contributed by atoms with Gasteiger partial charge in [-0.15, -0.1) is 0 Å². The Bertz CT molecular complexity index is 502. The van der Waals surface area contributed by atoms with E-state index < -0.39 is 5.97 Å². The molecule has 1 aromatic carbocycles. The predicted molar refractivity (Wildman–Crippen MR) is 57.0 cm³/mol. The number of rotatable bonds is 3. The second-order valence-electron chi connectivity index (χ2n) is 3.51. The SMILES string of the molecule is O=C(O)c1ccc(Cc2ccc(F)cc2)[nH]1. The van der Waals surface area contributed by atoms with Crippen LogP contribution in [-0.4, -0.2) is 16.1 Å². The number of carbonyl (C=O) groups is 1. The average molecular weight is 219 g/mol. The van der Waals surface area contributed by atoms with Crippen molar-refractivity contribution >= 4 is 5.97 Å². The largest absolute Gasteiger partial charge is 0.477 e. The van der Waals surface area contributed by atoms with Crippen molar-refractivity contribution in [3.8, 4) is 0 Å². The lowest BCUT2D eigenvalue weighted by Crippen LogP contribution is -1.97. The zero-order valence-corrected chi connectivity index (χ0v) is 8.40. The molecule has 0 spiro atoms. The molecule has 4 heteroatoms. The smallest absolute Gasteiger partial charge is 0.352 e. The molecule has 2 aromatic rings. The van der Waals surface area contributed by atoms with Crippen LogP contribution in [0.2, 0.25) is 0 Å². The minimum atomic E-state index is -0.981. The van der Waals surface area contributed by atoms with Crippen LogP contribution >= 0.6 is 0 Å². The van der Waals surface area contributed by atoms with Gasteiger partial charge in [-0.3, -0.25) is 0 Å². The van der Waals surface area contributed by atoms with E-state index in [9.17, 15) is 9.18 Å². The van der Waals surface area contributed by atoms with Gasteiger partial charge in [0.15, 0.2) is 0 Å². The van der Waals surface area contributed by atoms with Crippen LogP contribution in [0, 0.1) is 5.82 Å². The second kappa shape index (κ2) is 4.18. The molecule has 0 aliphatic heterocycles. The van der Waals surface area contributed by atoms with Crippen LogP contribution < -0.4 is 0 Å². The third-order valence-electron chi connectivity index (χ3n) is 2.28. The minimum absolute atomic E-state index is 0.164. The number of carboxylic acid groups (broad SMARTS) is 1. The minimum Gasteiger partial charge on any atom is -0.477 e. The van der Waals surface area contributed by atoms with Crippen LogP contribution in [0.3, 0.4) is 0 Å². The van der Waals surface area contributed by atoms with Crippen molar-refractivity contribution in [1.29, 1.82) is 0 Å². The average Bonchev–Trinajstić information content (AvgIpc) is 2.70. The van der Waals surface area contributed by atoms with Crippen molar-refractivity contribution in [2.75, 3.05) is 0 Å². The molecule has 0 fully saturated rings. The van der Waals surface area contributed by atoms with Crippen molar-refractivity contribution in [1.82, 2.24) is 4.98 Å². The molecule has 0 unspecified atom stereocenters. The number of carboxylic acids is 1. The number of aromatic carboxylic acids is 1. The van der Waals surface area contributed by atoms with Gasteiger partial charge < -0.3 is 10.1 Å². The third kappa shape index (κ3) is 2.28. The highest BCUT2D eigenvalue weighted by Gasteiger charge is 2.05. The summed E-state index contributed by atoms with van der Waals surface area (Å²) in [5.41, 5.74) is 1.89. The van der Waals surface area contributed by atoms with Crippen molar-refractivity contribution in [3.05, 3.63) is 59.2 Å². The van der Waals surface area contributed by atoms with Crippen LogP contribution in [0.25, 0.3) is 0 Å². The molecular formula is C12H10FNO2. The van der Waals surface area contributed by atoms with E-state index in [4.69, 9.17) is 5.11 Å². The summed E-state index contributed by atoms with van der Waals surface area (Å²) in [6, 6.07) is 9.36. The first kappa shape index (κ1) is 10.4. The molecule has 0 saturated heterocycles. The Labute approximate surface area is 91.5 Å². The Balaban J connectivity index is 2.14. The zero-order chi connectivity index (χ0) is 11.5. The van der Waals surface area contributed by atoms with Gasteiger partial charge in [-0.05, 0) is 29.8 Å². The number of hydrogen-bond acceptors (Lipinski definition) is 1. The molecule has 1 heterocycles. The van der Waals surface area contributed by atoms with Gasteiger partial charge in [-0.1, -0.05) is 12.1 Å². The second-order valence-corrected chi connectivity index (χ2v) is 3.51. The summed E-state index contributed by atoms with van der Waals surface area (Å²) in [6.07, 6.45) is 0.563. The zero-order valence-electron chi connectivity index (χ0n) is 8.40. The Hall–Kier alpha value is -2.10. The van der Waals surface area contributed by atoms with Crippen LogP contribution in [-0.2, 0) is 6.42 Å². The van der Waals surface area contributed by atoms with E-state index in [0.717, 1.165) is 11.3 Å². The molecule has 82 valence electrons. The van der Waals surface area contributed by atoms with E-state index in [1.165, 1.54) is 18.2 Å². The first-order valence-electron chi connectivity index (χ1n) is 4.81. The molecule has 1 aromatic heterocycles. The molecule has 0 aliphatic carbocycles. The molecule has 2 N–H and O–H groups in total. The summed E-state index contributed by atoms with van der Waals surface area (Å²) >= 11 is 0. The van der Waals surface area contributed by atoms with Gasteiger partial charge in [0.25, 0.3) is 0 Å². The molecule has 0 atom stereocenters. The summed E-state index contributed by atoms with van der Waals surface area (Å²) in [7, 11) is 0. The van der Waals surface area contributed by atoms with Crippen molar-refractivity contribution in [2.24, 2.45) is 0 Å². The molecule has 0 amide bonds. The van der Waals surface area contributed by atoms with E-state index in [1.807, 2.05) is 0 Å². The summed E-state index contributed by atoms with van der Waals surface area (Å²) in [6.45, 7) is 0. The van der Waals surface area contributed by atoms with Gasteiger partial charge in [0.05, 0.1) is 0 Å². The normalized spacial score (nSPS) is 10.3. The summed E-state index contributed by atoms with van der Waals surface area (Å²) in [5, 5.41) is 8.72. The maximum atomic E-state index is 12.6. The number of hydrogen-bond donors (Lipinski definition) is 2. The molecule has 3 nitrogen and oxygen atoms in total. The van der Waals surface area contributed by atoms with E-state index in [-0.39, 0.29) is 11.5 Å². The van der Waals surface area contributed by atoms with Gasteiger partial charge in [0.2, 0.25) is 0 Å². The molecule has 0 aliphatic rings. The highest BCUT2D eigenvalue weighted by atomic mass is 19.1. The Morgan fingerprint density at radius 3 is 2.44 bits per heavy atom. The molecular weight excluding hydrogens is 209 g/mol. The predicted octanol–water partition coefficient (Wildman–Crippen LogP) is 2.44. The van der Waals surface area contributed by atoms with Gasteiger partial charge in [0.1, 0.15) is 11.5 Å². The molecule has 2 rings (SSSR count). The van der Waals surface area contributed by atoms with Crippen LogP contribution in [0.15, 0.2) is 36.4 Å². The van der Waals surface area contributed by atoms with Gasteiger partial charge >= 0.3 is 5.97 Å². The Kier molecular flexibility index (Phi) is 2.72. The Morgan fingerprint density at radius 1 is 1.19 bits per heavy atom. The van der Waals surface area contributed by atoms with Gasteiger partial charge in [-0.2, -0.15) is 0 Å². The fraction of sp³-hybridized carbons (Fsp3) is 0.0833. The summed E-state index contributed by atoms with van der Waals surface area (Å²) in [5.74, 6) is -1.26. The number of nitrogens with one attached hydrogen (secondary N) is 1. The van der Waals surface area contributed by atoms with Crippen LogP contribution in [0.4, 0.5) is 4.39 Å². The number of aromatic amines is 1. The highest BCUT2D eigenvalue weighted by Crippen LogP contribution is 2.10. The maximum absolute atomic E-state index is 12.6. The first-order chi connectivity index (χ1) is 7.65. The lowest BCUT2D eigenvalue weighted by molar-refractivity contribution is 0.0691. The standard InChI is InChI=1S/C12H10FNO2/c13-9-3-1-8(2-4-9)7-10-5-6-11(14-10)12(15)16/h1-6,14H,7H2,(H,15,16). The van der Waals surface area contributed by atoms with Crippen molar-refractivity contribution < 1.29 is 14.3 Å². The summed E-state index contributed by atoms with van der Waals surface area (Å²) in [4.78, 5) is 13.4. The fourth-order valence-electron chi connectivity index (χ4n) is 1.49. The van der Waals surface area contributed by atoms with E-state index in [1.54, 1.807) is 18.2 Å². The molecule has 0 bridgehead atoms. The van der Waals surface area contributed by atoms with Crippen LogP contribution in [0.1, 0.15) is 21.7 Å². The van der Waals surface area contributed by atoms with E-state index in [2.05, 4.69) is 4.98 Å². The maximum Gasteiger partial charge on any atom is 0.352 e. The lowest BCUT2D eigenvalue weighted by Gasteiger charge is -1.98. The molecule has 16 heavy (non-hydrogen) atoms. The fourth-order valence-corrected chi connectivity index (χ4v) is 1.49. The number of H-pyrrole nitrogens is 1. The first-order valence-corrected chi connectivity index (χ1v) is 4.81. The van der Waals surface area contributed by atoms with Crippen molar-refractivity contribution in [3.63, 3.8) is 0 Å². The highest BCUT2D eigenvalue weighted by molar-refractivity contribution is 5.85.